The van der Waals surface area contributed by atoms with Crippen LogP contribution in [0.5, 0.6) is 11.5 Å². The van der Waals surface area contributed by atoms with Gasteiger partial charge in [-0.15, -0.1) is 0 Å². The lowest BCUT2D eigenvalue weighted by Crippen LogP contribution is -2.10. The van der Waals surface area contributed by atoms with Crippen molar-refractivity contribution in [2.45, 2.75) is 13.8 Å². The van der Waals surface area contributed by atoms with Gasteiger partial charge in [-0.1, -0.05) is 19.9 Å². The maximum absolute atomic E-state index is 12.9. The van der Waals surface area contributed by atoms with Crippen LogP contribution in [-0.4, -0.2) is 17.5 Å². The molecule has 1 N–H and O–H groups in total. The third-order valence-corrected chi connectivity index (χ3v) is 3.93. The van der Waals surface area contributed by atoms with Gasteiger partial charge >= 0.3 is 0 Å². The molecule has 27 heavy (non-hydrogen) atoms. The Morgan fingerprint density at radius 2 is 1.93 bits per heavy atom. The Morgan fingerprint density at radius 1 is 1.19 bits per heavy atom. The lowest BCUT2D eigenvalue weighted by atomic mass is 10.1. The minimum Gasteiger partial charge on any atom is -0.508 e. The van der Waals surface area contributed by atoms with Crippen molar-refractivity contribution in [2.24, 2.45) is 5.92 Å². The van der Waals surface area contributed by atoms with Crippen LogP contribution in [0.2, 0.25) is 0 Å². The summed E-state index contributed by atoms with van der Waals surface area (Å²) in [4.78, 5) is 25.1. The summed E-state index contributed by atoms with van der Waals surface area (Å²) in [6.07, 6.45) is 4.07. The molecular weight excluding hydrogens is 344 g/mol. The Bertz CT molecular complexity index is 1040. The molecular formula is C22H20O5. The molecule has 1 aromatic heterocycles. The molecule has 2 aromatic carbocycles. The zero-order valence-electron chi connectivity index (χ0n) is 15.1. The highest BCUT2D eigenvalue weighted by Crippen LogP contribution is 2.24. The van der Waals surface area contributed by atoms with Crippen molar-refractivity contribution in [1.29, 1.82) is 0 Å². The van der Waals surface area contributed by atoms with Gasteiger partial charge in [-0.05, 0) is 54.5 Å². The van der Waals surface area contributed by atoms with E-state index >= 15 is 0 Å². The predicted octanol–water partition coefficient (Wildman–Crippen LogP) is 4.43. The Balaban J connectivity index is 1.94. The van der Waals surface area contributed by atoms with Crippen molar-refractivity contribution in [1.82, 2.24) is 0 Å². The second-order valence-electron chi connectivity index (χ2n) is 6.60. The van der Waals surface area contributed by atoms with Crippen LogP contribution in [0.25, 0.3) is 17.0 Å². The van der Waals surface area contributed by atoms with E-state index in [2.05, 4.69) is 0 Å². The molecule has 0 aliphatic carbocycles. The second-order valence-corrected chi connectivity index (χ2v) is 6.60. The first-order valence-electron chi connectivity index (χ1n) is 8.64. The molecule has 0 fully saturated rings. The first-order chi connectivity index (χ1) is 13.0. The average molecular weight is 364 g/mol. The Morgan fingerprint density at radius 3 is 2.63 bits per heavy atom. The molecule has 0 bridgehead atoms. The molecule has 0 unspecified atom stereocenters. The quantitative estimate of drug-likeness (QED) is 0.517. The Hall–Kier alpha value is -3.34. The molecule has 0 aliphatic rings. The fourth-order valence-corrected chi connectivity index (χ4v) is 2.54. The minimum atomic E-state index is -0.279. The van der Waals surface area contributed by atoms with Crippen LogP contribution in [0.3, 0.4) is 0 Å². The number of phenols is 1. The molecule has 0 spiro atoms. The summed E-state index contributed by atoms with van der Waals surface area (Å²) in [5.41, 5.74) is 0.846. The van der Waals surface area contributed by atoms with Crippen LogP contribution in [0.1, 0.15) is 29.8 Å². The third kappa shape index (κ3) is 4.26. The van der Waals surface area contributed by atoms with Crippen molar-refractivity contribution in [3.8, 4) is 11.5 Å². The number of hydrogen-bond donors (Lipinski definition) is 1. The maximum atomic E-state index is 12.9. The molecule has 0 atom stereocenters. The number of ketones is 1. The van der Waals surface area contributed by atoms with Gasteiger partial charge in [0.2, 0.25) is 5.43 Å². The first-order valence-corrected chi connectivity index (χ1v) is 8.64. The van der Waals surface area contributed by atoms with Crippen molar-refractivity contribution >= 4 is 22.8 Å². The number of carbonyl (C=O) groups excluding carboxylic acids is 1. The summed E-state index contributed by atoms with van der Waals surface area (Å²) in [6, 6.07) is 11.1. The second kappa shape index (κ2) is 7.91. The maximum Gasteiger partial charge on any atom is 0.203 e. The van der Waals surface area contributed by atoms with Crippen molar-refractivity contribution in [3.05, 3.63) is 76.2 Å². The molecule has 3 aromatic rings. The van der Waals surface area contributed by atoms with Crippen LogP contribution in [-0.2, 0) is 0 Å². The average Bonchev–Trinajstić information content (AvgIpc) is 2.66. The van der Waals surface area contributed by atoms with Gasteiger partial charge in [-0.3, -0.25) is 9.59 Å². The molecule has 0 saturated carbocycles. The number of ether oxygens (including phenoxy) is 1. The molecule has 0 saturated heterocycles. The summed E-state index contributed by atoms with van der Waals surface area (Å²) < 4.78 is 11.3. The van der Waals surface area contributed by atoms with Gasteiger partial charge in [0.05, 0.1) is 12.2 Å². The van der Waals surface area contributed by atoms with Gasteiger partial charge < -0.3 is 14.3 Å². The molecule has 138 valence electrons. The highest BCUT2D eigenvalue weighted by Gasteiger charge is 2.12. The summed E-state index contributed by atoms with van der Waals surface area (Å²) in [5.74, 6) is 0.590. The van der Waals surface area contributed by atoms with Crippen molar-refractivity contribution in [3.63, 3.8) is 0 Å². The zero-order valence-corrected chi connectivity index (χ0v) is 15.1. The van der Waals surface area contributed by atoms with E-state index < -0.39 is 0 Å². The Labute approximate surface area is 156 Å². The molecule has 0 aliphatic heterocycles. The van der Waals surface area contributed by atoms with E-state index in [1.807, 2.05) is 13.8 Å². The molecule has 5 nitrogen and oxygen atoms in total. The number of aromatic hydroxyl groups is 1. The van der Waals surface area contributed by atoms with Gasteiger partial charge in [-0.2, -0.15) is 0 Å². The number of carbonyl (C=O) groups is 1. The van der Waals surface area contributed by atoms with Gasteiger partial charge in [0.1, 0.15) is 28.7 Å². The van der Waals surface area contributed by atoms with Crippen LogP contribution in [0.4, 0.5) is 0 Å². The smallest absolute Gasteiger partial charge is 0.203 e. The minimum absolute atomic E-state index is 0.0830. The van der Waals surface area contributed by atoms with E-state index in [0.29, 0.717) is 34.8 Å². The number of fused-ring (bicyclic) bond motifs is 1. The van der Waals surface area contributed by atoms with E-state index in [1.165, 1.54) is 42.7 Å². The molecule has 0 amide bonds. The van der Waals surface area contributed by atoms with E-state index in [4.69, 9.17) is 9.15 Å². The van der Waals surface area contributed by atoms with Crippen molar-refractivity contribution in [2.75, 3.05) is 6.61 Å². The lowest BCUT2D eigenvalue weighted by molar-refractivity contribution is 0.104. The molecule has 5 heteroatoms. The standard InChI is InChI=1S/C22H20O5/c1-14(2)12-26-19-4-3-5-20-21(19)22(25)16(13-27-20)8-11-18(24)15-6-9-17(23)10-7-15/h3-11,13-14,23H,12H2,1-2H3/b11-8+. The predicted molar refractivity (Wildman–Crippen MR) is 104 cm³/mol. The fourth-order valence-electron chi connectivity index (χ4n) is 2.54. The number of benzene rings is 2. The van der Waals surface area contributed by atoms with E-state index in [0.717, 1.165) is 0 Å². The van der Waals surface area contributed by atoms with E-state index in [-0.39, 0.29) is 22.5 Å². The summed E-state index contributed by atoms with van der Waals surface area (Å²) in [7, 11) is 0. The van der Waals surface area contributed by atoms with Crippen LogP contribution < -0.4 is 10.2 Å². The summed E-state index contributed by atoms with van der Waals surface area (Å²) >= 11 is 0. The lowest BCUT2D eigenvalue weighted by Gasteiger charge is -2.10. The van der Waals surface area contributed by atoms with Gasteiger partial charge in [-0.25, -0.2) is 0 Å². The highest BCUT2D eigenvalue weighted by molar-refractivity contribution is 6.07. The number of rotatable bonds is 6. The monoisotopic (exact) mass is 364 g/mol. The Kier molecular flexibility index (Phi) is 5.41. The SMILES string of the molecule is CC(C)COc1cccc2occ(/C=C/C(=O)c3ccc(O)cc3)c(=O)c12. The van der Waals surface area contributed by atoms with Crippen LogP contribution in [0, 0.1) is 5.92 Å². The van der Waals surface area contributed by atoms with E-state index in [9.17, 15) is 14.7 Å². The van der Waals surface area contributed by atoms with Crippen molar-refractivity contribution < 1.29 is 19.1 Å². The highest BCUT2D eigenvalue weighted by atomic mass is 16.5. The van der Waals surface area contributed by atoms with Crippen LogP contribution >= 0.6 is 0 Å². The van der Waals surface area contributed by atoms with Gasteiger partial charge in [0, 0.05) is 5.56 Å². The fraction of sp³-hybridized carbons (Fsp3) is 0.182. The summed E-state index contributed by atoms with van der Waals surface area (Å²) in [6.45, 7) is 4.53. The number of hydrogen-bond acceptors (Lipinski definition) is 5. The molecule has 3 rings (SSSR count). The molecule has 0 radical (unpaired) electrons. The molecule has 1 heterocycles. The number of allylic oxidation sites excluding steroid dienone is 1. The normalized spacial score (nSPS) is 11.4. The topological polar surface area (TPSA) is 76.7 Å². The largest absolute Gasteiger partial charge is 0.508 e. The zero-order chi connectivity index (χ0) is 19.4. The summed E-state index contributed by atoms with van der Waals surface area (Å²) in [5, 5.41) is 9.65. The van der Waals surface area contributed by atoms with E-state index in [1.54, 1.807) is 18.2 Å². The van der Waals surface area contributed by atoms with Gasteiger partial charge in [0.25, 0.3) is 0 Å². The van der Waals surface area contributed by atoms with Crippen LogP contribution in [0.15, 0.2) is 64.0 Å². The number of phenolic OH excluding ortho intramolecular Hbond substituents is 1. The third-order valence-electron chi connectivity index (χ3n) is 3.93. The first kappa shape index (κ1) is 18.5. The van der Waals surface area contributed by atoms with Gasteiger partial charge in [0.15, 0.2) is 5.78 Å².